The highest BCUT2D eigenvalue weighted by molar-refractivity contribution is 5.83. The van der Waals surface area contributed by atoms with Gasteiger partial charge in [0.25, 0.3) is 0 Å². The summed E-state index contributed by atoms with van der Waals surface area (Å²) in [4.78, 5) is 3.40. The first kappa shape index (κ1) is 11.6. The number of hydrogen-bond donors (Lipinski definition) is 1. The first-order valence-corrected chi connectivity index (χ1v) is 6.78. The van der Waals surface area contributed by atoms with Gasteiger partial charge >= 0.3 is 0 Å². The second-order valence-corrected chi connectivity index (χ2v) is 6.45. The van der Waals surface area contributed by atoms with Crippen molar-refractivity contribution in [2.24, 2.45) is 5.41 Å². The van der Waals surface area contributed by atoms with E-state index in [0.29, 0.717) is 11.3 Å². The standard InChI is InChI=1S/C17H21N/c1-12-8-13(10-17(2,3)9-12)15-11-18-16-7-5-4-6-14(15)16/h4-8,11,13,18H,9-10H2,1-3H3. The van der Waals surface area contributed by atoms with Crippen LogP contribution in [-0.2, 0) is 0 Å². The molecule has 3 rings (SSSR count). The molecule has 0 saturated heterocycles. The first-order valence-electron chi connectivity index (χ1n) is 6.78. The second-order valence-electron chi connectivity index (χ2n) is 6.45. The van der Waals surface area contributed by atoms with Crippen LogP contribution in [0, 0.1) is 5.41 Å². The lowest BCUT2D eigenvalue weighted by Gasteiger charge is -2.33. The summed E-state index contributed by atoms with van der Waals surface area (Å²) in [5.74, 6) is 0.560. The summed E-state index contributed by atoms with van der Waals surface area (Å²) in [6, 6.07) is 8.61. The van der Waals surface area contributed by atoms with Crippen molar-refractivity contribution in [2.45, 2.75) is 39.5 Å². The van der Waals surface area contributed by atoms with Crippen LogP contribution in [0.25, 0.3) is 10.9 Å². The maximum absolute atomic E-state index is 3.40. The molecule has 1 N–H and O–H groups in total. The minimum Gasteiger partial charge on any atom is -0.361 e. The molecule has 18 heavy (non-hydrogen) atoms. The average Bonchev–Trinajstić information content (AvgIpc) is 2.69. The summed E-state index contributed by atoms with van der Waals surface area (Å²) in [5, 5.41) is 1.38. The zero-order valence-electron chi connectivity index (χ0n) is 11.5. The van der Waals surface area contributed by atoms with Crippen LogP contribution < -0.4 is 0 Å². The molecule has 94 valence electrons. The molecule has 0 aliphatic heterocycles. The Balaban J connectivity index is 2.07. The van der Waals surface area contributed by atoms with Crippen LogP contribution in [0.1, 0.15) is 45.1 Å². The van der Waals surface area contributed by atoms with Gasteiger partial charge in [-0.15, -0.1) is 0 Å². The fourth-order valence-corrected chi connectivity index (χ4v) is 3.48. The molecule has 1 aliphatic carbocycles. The van der Waals surface area contributed by atoms with Gasteiger partial charge in [0.1, 0.15) is 0 Å². The maximum Gasteiger partial charge on any atom is 0.0457 e. The molecule has 1 atom stereocenters. The second kappa shape index (κ2) is 4.01. The van der Waals surface area contributed by atoms with Crippen LogP contribution in [0.3, 0.4) is 0 Å². The van der Waals surface area contributed by atoms with E-state index in [9.17, 15) is 0 Å². The zero-order valence-corrected chi connectivity index (χ0v) is 11.5. The van der Waals surface area contributed by atoms with Crippen LogP contribution in [0.5, 0.6) is 0 Å². The van der Waals surface area contributed by atoms with Crippen molar-refractivity contribution >= 4 is 10.9 Å². The van der Waals surface area contributed by atoms with E-state index >= 15 is 0 Å². The average molecular weight is 239 g/mol. The monoisotopic (exact) mass is 239 g/mol. The van der Waals surface area contributed by atoms with Gasteiger partial charge in [-0.2, -0.15) is 0 Å². The van der Waals surface area contributed by atoms with E-state index < -0.39 is 0 Å². The molecule has 0 fully saturated rings. The Labute approximate surface area is 109 Å². The van der Waals surface area contributed by atoms with E-state index in [1.165, 1.54) is 34.9 Å². The van der Waals surface area contributed by atoms with Crippen molar-refractivity contribution in [3.63, 3.8) is 0 Å². The minimum atomic E-state index is 0.419. The third-order valence-electron chi connectivity index (χ3n) is 4.04. The molecule has 0 radical (unpaired) electrons. The molecule has 1 heteroatoms. The summed E-state index contributed by atoms with van der Waals surface area (Å²) in [6.07, 6.45) is 7.12. The number of nitrogens with one attached hydrogen (secondary N) is 1. The summed E-state index contributed by atoms with van der Waals surface area (Å²) >= 11 is 0. The fraction of sp³-hybridized carbons (Fsp3) is 0.412. The normalized spacial score (nSPS) is 23.1. The summed E-state index contributed by atoms with van der Waals surface area (Å²) in [6.45, 7) is 7.03. The molecular formula is C17H21N. The molecule has 1 aromatic carbocycles. The zero-order chi connectivity index (χ0) is 12.8. The van der Waals surface area contributed by atoms with Crippen molar-refractivity contribution in [1.29, 1.82) is 0 Å². The predicted octanol–water partition coefficient (Wildman–Crippen LogP) is 5.02. The SMILES string of the molecule is CC1=CC(c2c[nH]c3ccccc23)CC(C)(C)C1. The quantitative estimate of drug-likeness (QED) is 0.673. The Morgan fingerprint density at radius 3 is 2.78 bits per heavy atom. The van der Waals surface area contributed by atoms with E-state index in [-0.39, 0.29) is 0 Å². The van der Waals surface area contributed by atoms with Gasteiger partial charge in [-0.1, -0.05) is 43.7 Å². The molecule has 1 nitrogen and oxygen atoms in total. The van der Waals surface area contributed by atoms with Crippen molar-refractivity contribution < 1.29 is 0 Å². The topological polar surface area (TPSA) is 15.8 Å². The number of hydrogen-bond acceptors (Lipinski definition) is 0. The third kappa shape index (κ3) is 1.98. The predicted molar refractivity (Wildman–Crippen MR) is 77.8 cm³/mol. The number of para-hydroxylation sites is 1. The van der Waals surface area contributed by atoms with Gasteiger partial charge in [0, 0.05) is 23.0 Å². The smallest absolute Gasteiger partial charge is 0.0457 e. The van der Waals surface area contributed by atoms with Crippen molar-refractivity contribution in [2.75, 3.05) is 0 Å². The molecular weight excluding hydrogens is 218 g/mol. The van der Waals surface area contributed by atoms with E-state index in [0.717, 1.165) is 0 Å². The number of rotatable bonds is 1. The third-order valence-corrected chi connectivity index (χ3v) is 4.04. The van der Waals surface area contributed by atoms with Gasteiger partial charge in [0.15, 0.2) is 0 Å². The largest absolute Gasteiger partial charge is 0.361 e. The Morgan fingerprint density at radius 1 is 1.22 bits per heavy atom. The Hall–Kier alpha value is -1.50. The van der Waals surface area contributed by atoms with Gasteiger partial charge in [-0.25, -0.2) is 0 Å². The number of fused-ring (bicyclic) bond motifs is 1. The Morgan fingerprint density at radius 2 is 2.00 bits per heavy atom. The van der Waals surface area contributed by atoms with Crippen molar-refractivity contribution in [1.82, 2.24) is 4.98 Å². The number of benzene rings is 1. The van der Waals surface area contributed by atoms with Gasteiger partial charge < -0.3 is 4.98 Å². The van der Waals surface area contributed by atoms with Gasteiger partial charge in [-0.05, 0) is 36.8 Å². The van der Waals surface area contributed by atoms with Crippen molar-refractivity contribution in [3.8, 4) is 0 Å². The molecule has 1 aromatic heterocycles. The van der Waals surface area contributed by atoms with Gasteiger partial charge in [0.2, 0.25) is 0 Å². The highest BCUT2D eigenvalue weighted by Crippen LogP contribution is 2.43. The fourth-order valence-electron chi connectivity index (χ4n) is 3.48. The van der Waals surface area contributed by atoms with E-state index in [4.69, 9.17) is 0 Å². The number of aromatic nitrogens is 1. The van der Waals surface area contributed by atoms with Crippen LogP contribution in [0.2, 0.25) is 0 Å². The summed E-state index contributed by atoms with van der Waals surface area (Å²) in [7, 11) is 0. The van der Waals surface area contributed by atoms with Crippen LogP contribution >= 0.6 is 0 Å². The van der Waals surface area contributed by atoms with Crippen molar-refractivity contribution in [3.05, 3.63) is 47.7 Å². The van der Waals surface area contributed by atoms with E-state index in [1.807, 2.05) is 0 Å². The summed E-state index contributed by atoms with van der Waals surface area (Å²) < 4.78 is 0. The lowest BCUT2D eigenvalue weighted by Crippen LogP contribution is -2.20. The highest BCUT2D eigenvalue weighted by Gasteiger charge is 2.29. The molecule has 0 saturated carbocycles. The van der Waals surface area contributed by atoms with Gasteiger partial charge in [-0.3, -0.25) is 0 Å². The highest BCUT2D eigenvalue weighted by atomic mass is 14.7. The minimum absolute atomic E-state index is 0.419. The molecule has 0 bridgehead atoms. The Kier molecular flexibility index (Phi) is 2.58. The summed E-state index contributed by atoms with van der Waals surface area (Å²) in [5.41, 5.74) is 4.66. The molecule has 1 unspecified atom stereocenters. The number of allylic oxidation sites excluding steroid dienone is 2. The molecule has 1 aliphatic rings. The van der Waals surface area contributed by atoms with Crippen LogP contribution in [-0.4, -0.2) is 4.98 Å². The molecule has 0 amide bonds. The Bertz CT molecular complexity index is 601. The maximum atomic E-state index is 3.40. The lowest BCUT2D eigenvalue weighted by molar-refractivity contribution is 0.302. The van der Waals surface area contributed by atoms with Crippen LogP contribution in [0.4, 0.5) is 0 Å². The van der Waals surface area contributed by atoms with E-state index in [1.54, 1.807) is 0 Å². The lowest BCUT2D eigenvalue weighted by atomic mass is 9.71. The van der Waals surface area contributed by atoms with E-state index in [2.05, 4.69) is 62.3 Å². The number of aromatic amines is 1. The van der Waals surface area contributed by atoms with Crippen LogP contribution in [0.15, 0.2) is 42.1 Å². The van der Waals surface area contributed by atoms with Gasteiger partial charge in [0.05, 0.1) is 0 Å². The molecule has 0 spiro atoms. The molecule has 2 aromatic rings. The molecule has 1 heterocycles. The number of H-pyrrole nitrogens is 1. The first-order chi connectivity index (χ1) is 8.55.